The van der Waals surface area contributed by atoms with Crippen LogP contribution in [0.4, 0.5) is 5.69 Å². The van der Waals surface area contributed by atoms with Crippen molar-refractivity contribution in [3.8, 4) is 0 Å². The van der Waals surface area contributed by atoms with Crippen LogP contribution >= 0.6 is 0 Å². The number of rotatable bonds is 4. The number of anilines is 1. The van der Waals surface area contributed by atoms with Gasteiger partial charge in [0.15, 0.2) is 0 Å². The molecular formula is C12H16N4O2S. The summed E-state index contributed by atoms with van der Waals surface area (Å²) in [4.78, 5) is 7.05. The Kier molecular flexibility index (Phi) is 3.59. The second-order valence-electron chi connectivity index (χ2n) is 4.40. The number of benzene rings is 1. The Bertz CT molecular complexity index is 645. The molecule has 1 heterocycles. The standard InChI is InChI=1S/C12H16N4O2S/c1-8-5-10(13)7-11(6-8)19(17,18)16-9(2)12-14-3-4-15-12/h3-7,9,16H,13H2,1-2H3,(H,14,15). The molecule has 1 atom stereocenters. The van der Waals surface area contributed by atoms with Crippen molar-refractivity contribution in [1.82, 2.24) is 14.7 Å². The monoisotopic (exact) mass is 280 g/mol. The summed E-state index contributed by atoms with van der Waals surface area (Å²) in [6, 6.07) is 4.29. The highest BCUT2D eigenvalue weighted by atomic mass is 32.2. The minimum Gasteiger partial charge on any atom is -0.399 e. The summed E-state index contributed by atoms with van der Waals surface area (Å²) in [5, 5.41) is 0. The number of hydrogen-bond acceptors (Lipinski definition) is 4. The molecule has 4 N–H and O–H groups in total. The van der Waals surface area contributed by atoms with E-state index in [4.69, 9.17) is 5.73 Å². The van der Waals surface area contributed by atoms with Crippen molar-refractivity contribution in [3.05, 3.63) is 42.0 Å². The molecule has 0 saturated heterocycles. The summed E-state index contributed by atoms with van der Waals surface area (Å²) in [7, 11) is -3.62. The van der Waals surface area contributed by atoms with Crippen LogP contribution in [0.25, 0.3) is 0 Å². The molecular weight excluding hydrogens is 264 g/mol. The van der Waals surface area contributed by atoms with Crippen molar-refractivity contribution in [2.45, 2.75) is 24.8 Å². The van der Waals surface area contributed by atoms with Crippen LogP contribution in [-0.2, 0) is 10.0 Å². The molecule has 0 aliphatic rings. The summed E-state index contributed by atoms with van der Waals surface area (Å²) < 4.78 is 27.0. The molecule has 0 aliphatic carbocycles. The Morgan fingerprint density at radius 2 is 2.11 bits per heavy atom. The minimum atomic E-state index is -3.62. The van der Waals surface area contributed by atoms with E-state index in [2.05, 4.69) is 14.7 Å². The number of nitrogens with one attached hydrogen (secondary N) is 2. The third-order valence-corrected chi connectivity index (χ3v) is 4.17. The molecule has 0 spiro atoms. The molecule has 2 rings (SSSR count). The number of sulfonamides is 1. The minimum absolute atomic E-state index is 0.156. The lowest BCUT2D eigenvalue weighted by Crippen LogP contribution is -2.27. The van der Waals surface area contributed by atoms with Crippen LogP contribution in [0.1, 0.15) is 24.4 Å². The zero-order chi connectivity index (χ0) is 14.0. The second kappa shape index (κ2) is 5.02. The number of H-pyrrole nitrogens is 1. The van der Waals surface area contributed by atoms with Gasteiger partial charge < -0.3 is 10.7 Å². The summed E-state index contributed by atoms with van der Waals surface area (Å²) >= 11 is 0. The van der Waals surface area contributed by atoms with Gasteiger partial charge in [-0.25, -0.2) is 18.1 Å². The summed E-state index contributed by atoms with van der Waals surface area (Å²) in [6.07, 6.45) is 3.22. The molecule has 1 unspecified atom stereocenters. The highest BCUT2D eigenvalue weighted by molar-refractivity contribution is 7.89. The lowest BCUT2D eigenvalue weighted by Gasteiger charge is -2.13. The van der Waals surface area contributed by atoms with E-state index in [9.17, 15) is 8.42 Å². The molecule has 0 saturated carbocycles. The lowest BCUT2D eigenvalue weighted by molar-refractivity contribution is 0.561. The van der Waals surface area contributed by atoms with Crippen LogP contribution in [0.15, 0.2) is 35.5 Å². The van der Waals surface area contributed by atoms with Gasteiger partial charge in [0.1, 0.15) is 5.82 Å². The van der Waals surface area contributed by atoms with E-state index in [0.29, 0.717) is 11.5 Å². The molecule has 1 aromatic carbocycles. The molecule has 6 nitrogen and oxygen atoms in total. The van der Waals surface area contributed by atoms with Crippen LogP contribution in [0, 0.1) is 6.92 Å². The third kappa shape index (κ3) is 3.12. The fourth-order valence-corrected chi connectivity index (χ4v) is 3.15. The molecule has 2 aromatic rings. The molecule has 0 aliphatic heterocycles. The number of hydrogen-bond donors (Lipinski definition) is 3. The molecule has 0 amide bonds. The fourth-order valence-electron chi connectivity index (χ4n) is 1.80. The highest BCUT2D eigenvalue weighted by Gasteiger charge is 2.20. The van der Waals surface area contributed by atoms with Crippen molar-refractivity contribution in [3.63, 3.8) is 0 Å². The first-order chi connectivity index (χ1) is 8.88. The summed E-state index contributed by atoms with van der Waals surface area (Å²) in [5.41, 5.74) is 6.89. The van der Waals surface area contributed by atoms with E-state index in [1.807, 2.05) is 0 Å². The Morgan fingerprint density at radius 3 is 2.68 bits per heavy atom. The van der Waals surface area contributed by atoms with Crippen LogP contribution in [0.3, 0.4) is 0 Å². The van der Waals surface area contributed by atoms with E-state index in [1.165, 1.54) is 6.07 Å². The molecule has 0 bridgehead atoms. The van der Waals surface area contributed by atoms with Gasteiger partial charge in [0.25, 0.3) is 0 Å². The average molecular weight is 280 g/mol. The predicted molar refractivity (Wildman–Crippen MR) is 72.9 cm³/mol. The Balaban J connectivity index is 2.27. The first-order valence-corrected chi connectivity index (χ1v) is 7.25. The molecule has 102 valence electrons. The number of aromatic amines is 1. The zero-order valence-electron chi connectivity index (χ0n) is 10.7. The molecule has 0 fully saturated rings. The smallest absolute Gasteiger partial charge is 0.241 e. The van der Waals surface area contributed by atoms with E-state index >= 15 is 0 Å². The quantitative estimate of drug-likeness (QED) is 0.736. The maximum atomic E-state index is 12.2. The number of aryl methyl sites for hydroxylation is 1. The van der Waals surface area contributed by atoms with Crippen molar-refractivity contribution in [1.29, 1.82) is 0 Å². The van der Waals surface area contributed by atoms with Gasteiger partial charge in [-0.3, -0.25) is 0 Å². The molecule has 7 heteroatoms. The third-order valence-electron chi connectivity index (χ3n) is 2.64. The molecule has 19 heavy (non-hydrogen) atoms. The van der Waals surface area contributed by atoms with Crippen molar-refractivity contribution in [2.24, 2.45) is 0 Å². The Morgan fingerprint density at radius 1 is 1.37 bits per heavy atom. The maximum Gasteiger partial charge on any atom is 0.241 e. The molecule has 0 radical (unpaired) electrons. The van der Waals surface area contributed by atoms with E-state index in [1.54, 1.807) is 38.4 Å². The fraction of sp³-hybridized carbons (Fsp3) is 0.250. The van der Waals surface area contributed by atoms with Crippen molar-refractivity contribution >= 4 is 15.7 Å². The topological polar surface area (TPSA) is 101 Å². The summed E-state index contributed by atoms with van der Waals surface area (Å²) in [5.74, 6) is 0.559. The van der Waals surface area contributed by atoms with Gasteiger partial charge in [0.05, 0.1) is 10.9 Å². The van der Waals surface area contributed by atoms with Gasteiger partial charge in [0, 0.05) is 18.1 Å². The Labute approximate surface area is 112 Å². The van der Waals surface area contributed by atoms with Crippen molar-refractivity contribution < 1.29 is 8.42 Å². The van der Waals surface area contributed by atoms with E-state index in [-0.39, 0.29) is 4.90 Å². The van der Waals surface area contributed by atoms with Gasteiger partial charge in [-0.2, -0.15) is 0 Å². The SMILES string of the molecule is Cc1cc(N)cc(S(=O)(=O)NC(C)c2ncc[nH]2)c1. The van der Waals surface area contributed by atoms with Crippen LogP contribution in [0.5, 0.6) is 0 Å². The lowest BCUT2D eigenvalue weighted by atomic mass is 10.2. The zero-order valence-corrected chi connectivity index (χ0v) is 11.5. The Hall–Kier alpha value is -1.86. The largest absolute Gasteiger partial charge is 0.399 e. The molecule has 1 aromatic heterocycles. The number of imidazole rings is 1. The number of aromatic nitrogens is 2. The number of nitrogen functional groups attached to an aromatic ring is 1. The van der Waals surface area contributed by atoms with E-state index in [0.717, 1.165) is 5.56 Å². The second-order valence-corrected chi connectivity index (χ2v) is 6.11. The van der Waals surface area contributed by atoms with Gasteiger partial charge in [0.2, 0.25) is 10.0 Å². The van der Waals surface area contributed by atoms with Crippen molar-refractivity contribution in [2.75, 3.05) is 5.73 Å². The van der Waals surface area contributed by atoms with Gasteiger partial charge in [-0.15, -0.1) is 0 Å². The first-order valence-electron chi connectivity index (χ1n) is 5.77. The van der Waals surface area contributed by atoms with Gasteiger partial charge in [-0.05, 0) is 37.6 Å². The normalized spacial score (nSPS) is 13.4. The van der Waals surface area contributed by atoms with Crippen LogP contribution < -0.4 is 10.5 Å². The average Bonchev–Trinajstić information content (AvgIpc) is 2.80. The van der Waals surface area contributed by atoms with Crippen LogP contribution in [-0.4, -0.2) is 18.4 Å². The van der Waals surface area contributed by atoms with Crippen LogP contribution in [0.2, 0.25) is 0 Å². The highest BCUT2D eigenvalue weighted by Crippen LogP contribution is 2.18. The predicted octanol–water partition coefficient (Wildman–Crippen LogP) is 1.34. The maximum absolute atomic E-state index is 12.2. The summed E-state index contributed by atoms with van der Waals surface area (Å²) in [6.45, 7) is 3.51. The first kappa shape index (κ1) is 13.6. The number of nitrogens with zero attached hydrogens (tertiary/aromatic N) is 1. The van der Waals surface area contributed by atoms with Gasteiger partial charge in [-0.1, -0.05) is 0 Å². The van der Waals surface area contributed by atoms with E-state index < -0.39 is 16.1 Å². The number of nitrogens with two attached hydrogens (primary N) is 1. The van der Waals surface area contributed by atoms with Gasteiger partial charge >= 0.3 is 0 Å².